The zero-order valence-electron chi connectivity index (χ0n) is 14.9. The van der Waals surface area contributed by atoms with Crippen molar-refractivity contribution in [1.29, 1.82) is 0 Å². The summed E-state index contributed by atoms with van der Waals surface area (Å²) in [4.78, 5) is 11.8. The highest BCUT2D eigenvalue weighted by molar-refractivity contribution is 5.77. The predicted octanol–water partition coefficient (Wildman–Crippen LogP) is 2.91. The van der Waals surface area contributed by atoms with Crippen LogP contribution in [0, 0.1) is 13.8 Å². The van der Waals surface area contributed by atoms with Crippen LogP contribution in [0.5, 0.6) is 11.5 Å². The highest BCUT2D eigenvalue weighted by Crippen LogP contribution is 2.23. The molecule has 0 fully saturated rings. The van der Waals surface area contributed by atoms with Gasteiger partial charge in [0.25, 0.3) is 5.91 Å². The average Bonchev–Trinajstić information content (AvgIpc) is 2.93. The Balaban J connectivity index is 1.69. The number of nitrogens with one attached hydrogen (secondary N) is 1. The van der Waals surface area contributed by atoms with Gasteiger partial charge in [-0.25, -0.2) is 0 Å². The summed E-state index contributed by atoms with van der Waals surface area (Å²) in [5.41, 5.74) is 0.761. The van der Waals surface area contributed by atoms with E-state index in [1.54, 1.807) is 24.3 Å². The van der Waals surface area contributed by atoms with E-state index in [0.717, 1.165) is 17.1 Å². The quantitative estimate of drug-likeness (QED) is 0.729. The third-order valence-corrected chi connectivity index (χ3v) is 3.68. The molecule has 6 nitrogen and oxygen atoms in total. The van der Waals surface area contributed by atoms with Gasteiger partial charge in [0.2, 0.25) is 0 Å². The monoisotopic (exact) mass is 347 g/mol. The van der Waals surface area contributed by atoms with Crippen LogP contribution in [0.1, 0.15) is 36.5 Å². The molecule has 1 unspecified atom stereocenters. The topological polar surface area (TPSA) is 80.9 Å². The van der Waals surface area contributed by atoms with E-state index in [9.17, 15) is 9.90 Å². The highest BCUT2D eigenvalue weighted by Gasteiger charge is 2.14. The maximum absolute atomic E-state index is 11.8. The molecule has 25 heavy (non-hydrogen) atoms. The molecule has 1 amide bonds. The Morgan fingerprint density at radius 1 is 1.20 bits per heavy atom. The molecule has 2 N–H and O–H groups in total. The van der Waals surface area contributed by atoms with Gasteiger partial charge >= 0.3 is 0 Å². The van der Waals surface area contributed by atoms with Crippen LogP contribution < -0.4 is 14.8 Å². The molecule has 0 aliphatic carbocycles. The number of amides is 1. The van der Waals surface area contributed by atoms with Crippen LogP contribution in [0.3, 0.4) is 0 Å². The van der Waals surface area contributed by atoms with Gasteiger partial charge in [-0.1, -0.05) is 0 Å². The molecule has 2 rings (SSSR count). The van der Waals surface area contributed by atoms with Gasteiger partial charge in [0.15, 0.2) is 6.61 Å². The summed E-state index contributed by atoms with van der Waals surface area (Å²) in [6.07, 6.45) is -0.251. The summed E-state index contributed by atoms with van der Waals surface area (Å²) in [6.45, 7) is 6.45. The van der Waals surface area contributed by atoms with Crippen molar-refractivity contribution in [1.82, 2.24) is 5.32 Å². The maximum atomic E-state index is 11.8. The summed E-state index contributed by atoms with van der Waals surface area (Å²) < 4.78 is 16.2. The largest absolute Gasteiger partial charge is 0.494 e. The average molecular weight is 347 g/mol. The van der Waals surface area contributed by atoms with Gasteiger partial charge in [0.05, 0.1) is 12.7 Å². The molecule has 0 radical (unpaired) electrons. The lowest BCUT2D eigenvalue weighted by molar-refractivity contribution is -0.123. The number of benzene rings is 1. The van der Waals surface area contributed by atoms with Crippen molar-refractivity contribution in [3.63, 3.8) is 0 Å². The number of aliphatic hydroxyl groups is 1. The highest BCUT2D eigenvalue weighted by atomic mass is 16.5. The zero-order chi connectivity index (χ0) is 18.2. The van der Waals surface area contributed by atoms with Gasteiger partial charge in [-0.15, -0.1) is 0 Å². The lowest BCUT2D eigenvalue weighted by Crippen LogP contribution is -2.30. The van der Waals surface area contributed by atoms with Gasteiger partial charge in [0.1, 0.15) is 23.0 Å². The Labute approximate surface area is 147 Å². The molecule has 1 aromatic carbocycles. The molecule has 0 aliphatic heterocycles. The van der Waals surface area contributed by atoms with E-state index < -0.39 is 6.10 Å². The molecular formula is C19H25NO5. The van der Waals surface area contributed by atoms with Gasteiger partial charge < -0.3 is 24.3 Å². The molecule has 0 bridgehead atoms. The standard InChI is InChI=1S/C19H25NO5/c1-4-23-15-5-7-16(8-6-15)24-12-19(22)20-10-9-18(21)17-11-13(2)25-14(17)3/h5-8,11,18,21H,4,9-10,12H2,1-3H3,(H,20,22). The molecule has 0 saturated carbocycles. The SMILES string of the molecule is CCOc1ccc(OCC(=O)NCCC(O)c2cc(C)oc2C)cc1. The number of aliphatic hydroxyl groups excluding tert-OH is 1. The lowest BCUT2D eigenvalue weighted by atomic mass is 10.1. The van der Waals surface area contributed by atoms with E-state index in [1.807, 2.05) is 26.8 Å². The Hall–Kier alpha value is -2.47. The Morgan fingerprint density at radius 3 is 2.40 bits per heavy atom. The summed E-state index contributed by atoms with van der Waals surface area (Å²) in [5.74, 6) is 2.59. The molecule has 1 heterocycles. The normalized spacial score (nSPS) is 11.8. The number of carbonyl (C=O) groups is 1. The summed E-state index contributed by atoms with van der Waals surface area (Å²) in [6, 6.07) is 8.92. The van der Waals surface area contributed by atoms with Crippen molar-refractivity contribution in [3.05, 3.63) is 47.4 Å². The van der Waals surface area contributed by atoms with Crippen molar-refractivity contribution in [3.8, 4) is 11.5 Å². The van der Waals surface area contributed by atoms with Crippen molar-refractivity contribution < 1.29 is 23.8 Å². The summed E-state index contributed by atoms with van der Waals surface area (Å²) in [7, 11) is 0. The second kappa shape index (κ2) is 9.13. The van der Waals surface area contributed by atoms with Crippen molar-refractivity contribution in [2.75, 3.05) is 19.8 Å². The fourth-order valence-corrected chi connectivity index (χ4v) is 2.48. The minimum absolute atomic E-state index is 0.0755. The van der Waals surface area contributed by atoms with Crippen molar-refractivity contribution in [2.24, 2.45) is 0 Å². The van der Waals surface area contributed by atoms with Crippen LogP contribution >= 0.6 is 0 Å². The first-order chi connectivity index (χ1) is 12.0. The van der Waals surface area contributed by atoms with Crippen molar-refractivity contribution >= 4 is 5.91 Å². The van der Waals surface area contributed by atoms with Gasteiger partial charge in [-0.3, -0.25) is 4.79 Å². The first-order valence-corrected chi connectivity index (χ1v) is 8.37. The van der Waals surface area contributed by atoms with E-state index in [4.69, 9.17) is 13.9 Å². The minimum atomic E-state index is -0.662. The third kappa shape index (κ3) is 5.83. The molecule has 2 aromatic rings. The molecule has 0 spiro atoms. The van der Waals surface area contributed by atoms with E-state index in [-0.39, 0.29) is 12.5 Å². The van der Waals surface area contributed by atoms with Gasteiger partial charge in [-0.05, 0) is 57.5 Å². The fourth-order valence-electron chi connectivity index (χ4n) is 2.48. The van der Waals surface area contributed by atoms with E-state index in [1.165, 1.54) is 0 Å². The Bertz CT molecular complexity index is 678. The molecular weight excluding hydrogens is 322 g/mol. The molecule has 0 saturated heterocycles. The second-order valence-electron chi connectivity index (χ2n) is 5.72. The minimum Gasteiger partial charge on any atom is -0.494 e. The number of furan rings is 1. The van der Waals surface area contributed by atoms with Crippen LogP contribution in [-0.4, -0.2) is 30.8 Å². The van der Waals surface area contributed by atoms with E-state index >= 15 is 0 Å². The zero-order valence-corrected chi connectivity index (χ0v) is 14.9. The third-order valence-electron chi connectivity index (χ3n) is 3.68. The number of hydrogen-bond donors (Lipinski definition) is 2. The number of rotatable bonds is 9. The molecule has 1 aromatic heterocycles. The smallest absolute Gasteiger partial charge is 0.257 e. The number of hydrogen-bond acceptors (Lipinski definition) is 5. The molecule has 1 atom stereocenters. The number of aryl methyl sites for hydroxylation is 2. The van der Waals surface area contributed by atoms with Crippen LogP contribution in [0.4, 0.5) is 0 Å². The predicted molar refractivity (Wildman–Crippen MR) is 93.9 cm³/mol. The molecule has 0 aliphatic rings. The van der Waals surface area contributed by atoms with Crippen LogP contribution in [-0.2, 0) is 4.79 Å². The second-order valence-corrected chi connectivity index (χ2v) is 5.72. The van der Waals surface area contributed by atoms with Gasteiger partial charge in [0, 0.05) is 12.1 Å². The Kier molecular flexibility index (Phi) is 6.89. The lowest BCUT2D eigenvalue weighted by Gasteiger charge is -2.11. The summed E-state index contributed by atoms with van der Waals surface area (Å²) >= 11 is 0. The van der Waals surface area contributed by atoms with E-state index in [2.05, 4.69) is 5.32 Å². The Morgan fingerprint density at radius 2 is 1.84 bits per heavy atom. The van der Waals surface area contributed by atoms with Crippen LogP contribution in [0.15, 0.2) is 34.7 Å². The van der Waals surface area contributed by atoms with Crippen LogP contribution in [0.25, 0.3) is 0 Å². The van der Waals surface area contributed by atoms with E-state index in [0.29, 0.717) is 31.1 Å². The van der Waals surface area contributed by atoms with Crippen molar-refractivity contribution in [2.45, 2.75) is 33.3 Å². The molecule has 136 valence electrons. The first-order valence-electron chi connectivity index (χ1n) is 8.37. The fraction of sp³-hybridized carbons (Fsp3) is 0.421. The molecule has 6 heteroatoms. The number of ether oxygens (including phenoxy) is 2. The number of carbonyl (C=O) groups excluding carboxylic acids is 1. The maximum Gasteiger partial charge on any atom is 0.257 e. The summed E-state index contributed by atoms with van der Waals surface area (Å²) in [5, 5.41) is 12.9. The van der Waals surface area contributed by atoms with Crippen LogP contribution in [0.2, 0.25) is 0 Å². The van der Waals surface area contributed by atoms with Gasteiger partial charge in [-0.2, -0.15) is 0 Å². The first kappa shape index (κ1) is 18.9.